The summed E-state index contributed by atoms with van der Waals surface area (Å²) in [5, 5.41) is 10.7. The summed E-state index contributed by atoms with van der Waals surface area (Å²) in [6.45, 7) is 2.60. The van der Waals surface area contributed by atoms with Gasteiger partial charge in [-0.15, -0.1) is 0 Å². The first-order valence-electron chi connectivity index (χ1n) is 5.24. The van der Waals surface area contributed by atoms with E-state index in [1.54, 1.807) is 34.9 Å². The molecule has 17 heavy (non-hydrogen) atoms. The van der Waals surface area contributed by atoms with E-state index in [0.717, 1.165) is 0 Å². The zero-order chi connectivity index (χ0) is 12.4. The van der Waals surface area contributed by atoms with Gasteiger partial charge in [-0.3, -0.25) is 14.2 Å². The number of aromatic nitrogens is 4. The van der Waals surface area contributed by atoms with Gasteiger partial charge in [-0.25, -0.2) is 0 Å². The Balaban J connectivity index is 2.20. The van der Waals surface area contributed by atoms with Crippen molar-refractivity contribution < 1.29 is 4.79 Å². The number of carbonyl (C=O) groups excluding carboxylic acids is 1. The summed E-state index contributed by atoms with van der Waals surface area (Å²) in [7, 11) is 1.74. The standard InChI is InChI=1S/C10H14N6O/c1-3-16-6-7(11)9(14-16)10(17)13-8-4-5-12-15(8)2/h4-6H,3,11H2,1-2H3,(H,13,17). The molecule has 2 heterocycles. The van der Waals surface area contributed by atoms with Gasteiger partial charge >= 0.3 is 0 Å². The first-order valence-corrected chi connectivity index (χ1v) is 5.24. The molecule has 2 rings (SSSR count). The van der Waals surface area contributed by atoms with Crippen molar-refractivity contribution in [2.24, 2.45) is 7.05 Å². The van der Waals surface area contributed by atoms with Crippen molar-refractivity contribution in [3.63, 3.8) is 0 Å². The van der Waals surface area contributed by atoms with Gasteiger partial charge in [0, 0.05) is 25.9 Å². The molecule has 0 atom stereocenters. The molecule has 0 aliphatic carbocycles. The summed E-state index contributed by atoms with van der Waals surface area (Å²) in [5.41, 5.74) is 6.32. The maximum absolute atomic E-state index is 11.9. The number of hydrogen-bond donors (Lipinski definition) is 2. The van der Waals surface area contributed by atoms with Crippen molar-refractivity contribution in [1.29, 1.82) is 0 Å². The van der Waals surface area contributed by atoms with Crippen LogP contribution in [0.5, 0.6) is 0 Å². The van der Waals surface area contributed by atoms with Crippen LogP contribution in [-0.4, -0.2) is 25.5 Å². The van der Waals surface area contributed by atoms with Crippen LogP contribution >= 0.6 is 0 Å². The molecular weight excluding hydrogens is 220 g/mol. The van der Waals surface area contributed by atoms with Gasteiger partial charge in [0.1, 0.15) is 5.82 Å². The maximum Gasteiger partial charge on any atom is 0.279 e. The first kappa shape index (κ1) is 11.2. The van der Waals surface area contributed by atoms with Crippen LogP contribution in [0.1, 0.15) is 17.4 Å². The second-order valence-electron chi connectivity index (χ2n) is 3.58. The van der Waals surface area contributed by atoms with Crippen molar-refractivity contribution in [2.75, 3.05) is 11.1 Å². The van der Waals surface area contributed by atoms with E-state index in [-0.39, 0.29) is 11.6 Å². The number of carbonyl (C=O) groups is 1. The summed E-state index contributed by atoms with van der Waals surface area (Å²) in [5.74, 6) is 0.263. The first-order chi connectivity index (χ1) is 8.11. The van der Waals surface area contributed by atoms with Crippen molar-refractivity contribution in [1.82, 2.24) is 19.6 Å². The number of aryl methyl sites for hydroxylation is 2. The molecule has 2 aromatic heterocycles. The lowest BCUT2D eigenvalue weighted by Gasteiger charge is -2.03. The molecule has 1 amide bonds. The molecule has 7 heteroatoms. The Hall–Kier alpha value is -2.31. The van der Waals surface area contributed by atoms with E-state index in [4.69, 9.17) is 5.73 Å². The minimum atomic E-state index is -0.335. The quantitative estimate of drug-likeness (QED) is 0.807. The topological polar surface area (TPSA) is 90.8 Å². The van der Waals surface area contributed by atoms with Gasteiger partial charge in [0.2, 0.25) is 0 Å². The van der Waals surface area contributed by atoms with Crippen molar-refractivity contribution in [3.8, 4) is 0 Å². The van der Waals surface area contributed by atoms with Crippen molar-refractivity contribution >= 4 is 17.4 Å². The fourth-order valence-corrected chi connectivity index (χ4v) is 1.45. The third kappa shape index (κ3) is 2.12. The second-order valence-corrected chi connectivity index (χ2v) is 3.58. The molecule has 0 bridgehead atoms. The van der Waals surface area contributed by atoms with E-state index in [1.807, 2.05) is 6.92 Å². The van der Waals surface area contributed by atoms with Crippen LogP contribution < -0.4 is 11.1 Å². The molecule has 90 valence electrons. The number of rotatable bonds is 3. The Bertz CT molecular complexity index is 541. The lowest BCUT2D eigenvalue weighted by Crippen LogP contribution is -2.16. The Morgan fingerprint density at radius 3 is 2.88 bits per heavy atom. The zero-order valence-electron chi connectivity index (χ0n) is 9.71. The van der Waals surface area contributed by atoms with Gasteiger partial charge in [-0.2, -0.15) is 10.2 Å². The van der Waals surface area contributed by atoms with E-state index >= 15 is 0 Å². The monoisotopic (exact) mass is 234 g/mol. The van der Waals surface area contributed by atoms with Crippen LogP contribution in [0, 0.1) is 0 Å². The molecule has 0 aliphatic rings. The van der Waals surface area contributed by atoms with Crippen LogP contribution in [0.15, 0.2) is 18.5 Å². The minimum absolute atomic E-state index is 0.230. The maximum atomic E-state index is 11.9. The fourth-order valence-electron chi connectivity index (χ4n) is 1.45. The molecule has 0 aliphatic heterocycles. The Kier molecular flexibility index (Phi) is 2.82. The van der Waals surface area contributed by atoms with Crippen LogP contribution in [0.3, 0.4) is 0 Å². The highest BCUT2D eigenvalue weighted by Gasteiger charge is 2.15. The fraction of sp³-hybridized carbons (Fsp3) is 0.300. The Labute approximate surface area is 98.2 Å². The highest BCUT2D eigenvalue weighted by Crippen LogP contribution is 2.12. The Morgan fingerprint density at radius 2 is 2.35 bits per heavy atom. The molecule has 2 aromatic rings. The molecule has 7 nitrogen and oxygen atoms in total. The van der Waals surface area contributed by atoms with Gasteiger partial charge in [-0.05, 0) is 6.92 Å². The number of nitrogens with zero attached hydrogens (tertiary/aromatic N) is 4. The third-order valence-corrected chi connectivity index (χ3v) is 2.39. The summed E-state index contributed by atoms with van der Waals surface area (Å²) >= 11 is 0. The molecule has 0 fully saturated rings. The SMILES string of the molecule is CCn1cc(N)c(C(=O)Nc2ccnn2C)n1. The van der Waals surface area contributed by atoms with Crippen molar-refractivity contribution in [3.05, 3.63) is 24.2 Å². The van der Waals surface area contributed by atoms with Gasteiger partial charge in [0.25, 0.3) is 5.91 Å². The smallest absolute Gasteiger partial charge is 0.279 e. The normalized spacial score (nSPS) is 10.5. The summed E-state index contributed by atoms with van der Waals surface area (Å²) in [6, 6.07) is 1.70. The van der Waals surface area contributed by atoms with Crippen molar-refractivity contribution in [2.45, 2.75) is 13.5 Å². The van der Waals surface area contributed by atoms with Gasteiger partial charge in [0.15, 0.2) is 5.69 Å². The predicted molar refractivity (Wildman–Crippen MR) is 63.5 cm³/mol. The molecule has 0 aromatic carbocycles. The minimum Gasteiger partial charge on any atom is -0.396 e. The molecule has 0 saturated heterocycles. The molecule has 0 saturated carbocycles. The lowest BCUT2D eigenvalue weighted by atomic mass is 10.3. The molecule has 0 radical (unpaired) electrons. The average Bonchev–Trinajstić information content (AvgIpc) is 2.86. The summed E-state index contributed by atoms with van der Waals surface area (Å²) in [6.07, 6.45) is 3.24. The number of anilines is 2. The second kappa shape index (κ2) is 4.28. The van der Waals surface area contributed by atoms with Gasteiger partial charge in [-0.1, -0.05) is 0 Å². The lowest BCUT2D eigenvalue weighted by molar-refractivity contribution is 0.102. The molecule has 0 unspecified atom stereocenters. The van der Waals surface area contributed by atoms with E-state index in [2.05, 4.69) is 15.5 Å². The average molecular weight is 234 g/mol. The highest BCUT2D eigenvalue weighted by molar-refractivity contribution is 6.05. The summed E-state index contributed by atoms with van der Waals surface area (Å²) in [4.78, 5) is 11.9. The predicted octanol–water partition coefficient (Wildman–Crippen LogP) is 0.471. The van der Waals surface area contributed by atoms with Crippen LogP contribution in [0.2, 0.25) is 0 Å². The van der Waals surface area contributed by atoms with Crippen LogP contribution in [0.25, 0.3) is 0 Å². The third-order valence-electron chi connectivity index (χ3n) is 2.39. The van der Waals surface area contributed by atoms with Crippen LogP contribution in [-0.2, 0) is 13.6 Å². The van der Waals surface area contributed by atoms with Gasteiger partial charge < -0.3 is 11.1 Å². The highest BCUT2D eigenvalue weighted by atomic mass is 16.2. The molecule has 3 N–H and O–H groups in total. The largest absolute Gasteiger partial charge is 0.396 e. The van der Waals surface area contributed by atoms with Crippen LogP contribution in [0.4, 0.5) is 11.5 Å². The number of nitrogen functional groups attached to an aromatic ring is 1. The summed E-state index contributed by atoms with van der Waals surface area (Å²) < 4.78 is 3.18. The number of nitrogens with two attached hydrogens (primary N) is 1. The zero-order valence-corrected chi connectivity index (χ0v) is 9.71. The van der Waals surface area contributed by atoms with E-state index in [0.29, 0.717) is 18.1 Å². The number of hydrogen-bond acceptors (Lipinski definition) is 4. The molecular formula is C10H14N6O. The van der Waals surface area contributed by atoms with E-state index in [9.17, 15) is 4.79 Å². The van der Waals surface area contributed by atoms with Gasteiger partial charge in [0.05, 0.1) is 11.9 Å². The Morgan fingerprint density at radius 1 is 1.59 bits per heavy atom. The number of amides is 1. The van der Waals surface area contributed by atoms with E-state index < -0.39 is 0 Å². The number of nitrogens with one attached hydrogen (secondary N) is 1. The van der Waals surface area contributed by atoms with E-state index in [1.165, 1.54) is 0 Å². The molecule has 0 spiro atoms.